The molecule has 4 aromatic rings. The largest absolute Gasteiger partial charge is 0.485 e. The summed E-state index contributed by atoms with van der Waals surface area (Å²) < 4.78 is 35.2. The first kappa shape index (κ1) is 24.3. The average molecular weight is 481 g/mol. The Kier molecular flexibility index (Phi) is 6.81. The van der Waals surface area contributed by atoms with Gasteiger partial charge in [0.05, 0.1) is 24.5 Å². The van der Waals surface area contributed by atoms with E-state index >= 15 is 0 Å². The van der Waals surface area contributed by atoms with Gasteiger partial charge in [-0.25, -0.2) is 13.8 Å². The molecule has 2 heterocycles. The Labute approximate surface area is 200 Å². The molecule has 0 aliphatic carbocycles. The molecule has 0 fully saturated rings. The van der Waals surface area contributed by atoms with Gasteiger partial charge in [0.2, 0.25) is 0 Å². The standard InChI is InChI=1S/C26H25F2N3O4/c1-16-6-3-7-18(12-16)26(14-32,15-33)30-25(34)23-17(2)29-24-22(10-5-11-31(23)24)35-13-19-20(27)8-4-9-21(19)28/h3-12,32-33H,13-15H2,1-2H3,(H,30,34). The molecule has 0 saturated heterocycles. The maximum atomic E-state index is 14.0. The van der Waals surface area contributed by atoms with Gasteiger partial charge in [-0.1, -0.05) is 35.9 Å². The highest BCUT2D eigenvalue weighted by molar-refractivity contribution is 5.95. The molecule has 0 aliphatic rings. The summed E-state index contributed by atoms with van der Waals surface area (Å²) in [5, 5.41) is 23.0. The van der Waals surface area contributed by atoms with Gasteiger partial charge in [-0.3, -0.25) is 9.20 Å². The number of pyridine rings is 1. The second-order valence-electron chi connectivity index (χ2n) is 8.32. The van der Waals surface area contributed by atoms with Crippen molar-refractivity contribution in [1.29, 1.82) is 0 Å². The number of nitrogens with one attached hydrogen (secondary N) is 1. The van der Waals surface area contributed by atoms with Gasteiger partial charge >= 0.3 is 0 Å². The lowest BCUT2D eigenvalue weighted by Crippen LogP contribution is -2.52. The normalized spacial score (nSPS) is 11.6. The van der Waals surface area contributed by atoms with E-state index in [2.05, 4.69) is 10.3 Å². The zero-order valence-electron chi connectivity index (χ0n) is 19.3. The SMILES string of the molecule is Cc1cccc(C(CO)(CO)NC(=O)c2c(C)nc3c(OCc4c(F)cccc4F)cccn23)c1. The van der Waals surface area contributed by atoms with E-state index in [9.17, 15) is 23.8 Å². The second kappa shape index (κ2) is 9.81. The summed E-state index contributed by atoms with van der Waals surface area (Å²) >= 11 is 0. The summed E-state index contributed by atoms with van der Waals surface area (Å²) in [5.74, 6) is -1.79. The lowest BCUT2D eigenvalue weighted by molar-refractivity contribution is 0.0652. The van der Waals surface area contributed by atoms with Gasteiger partial charge in [-0.05, 0) is 43.7 Å². The van der Waals surface area contributed by atoms with Gasteiger partial charge in [-0.2, -0.15) is 0 Å². The first-order chi connectivity index (χ1) is 16.8. The summed E-state index contributed by atoms with van der Waals surface area (Å²) in [6, 6.07) is 13.9. The van der Waals surface area contributed by atoms with Crippen LogP contribution in [0.2, 0.25) is 0 Å². The Bertz CT molecular complexity index is 1360. The van der Waals surface area contributed by atoms with Gasteiger partial charge in [0.15, 0.2) is 11.4 Å². The summed E-state index contributed by atoms with van der Waals surface area (Å²) in [6.07, 6.45) is 1.60. The molecule has 2 aromatic carbocycles. The Morgan fingerprint density at radius 2 is 1.74 bits per heavy atom. The van der Waals surface area contributed by atoms with E-state index in [0.717, 1.165) is 17.7 Å². The number of carbonyl (C=O) groups is 1. The smallest absolute Gasteiger partial charge is 0.271 e. The van der Waals surface area contributed by atoms with Crippen LogP contribution < -0.4 is 10.1 Å². The topological polar surface area (TPSA) is 96.1 Å². The molecule has 0 saturated carbocycles. The van der Waals surface area contributed by atoms with Crippen LogP contribution in [0.5, 0.6) is 5.75 Å². The number of aliphatic hydroxyl groups excluding tert-OH is 2. The lowest BCUT2D eigenvalue weighted by Gasteiger charge is -2.32. The highest BCUT2D eigenvalue weighted by Gasteiger charge is 2.35. The van der Waals surface area contributed by atoms with Crippen LogP contribution in [0, 0.1) is 25.5 Å². The van der Waals surface area contributed by atoms with E-state index in [0.29, 0.717) is 11.3 Å². The Balaban J connectivity index is 1.67. The molecule has 0 spiro atoms. The molecule has 2 aromatic heterocycles. The third-order valence-corrected chi connectivity index (χ3v) is 5.90. The number of carbonyl (C=O) groups excluding carboxylic acids is 1. The molecule has 182 valence electrons. The number of hydrogen-bond acceptors (Lipinski definition) is 5. The van der Waals surface area contributed by atoms with Gasteiger partial charge in [0.1, 0.15) is 29.5 Å². The number of benzene rings is 2. The van der Waals surface area contributed by atoms with E-state index in [1.54, 1.807) is 43.5 Å². The van der Waals surface area contributed by atoms with Crippen LogP contribution >= 0.6 is 0 Å². The van der Waals surface area contributed by atoms with Gasteiger partial charge < -0.3 is 20.3 Å². The summed E-state index contributed by atoms with van der Waals surface area (Å²) in [6.45, 7) is 2.08. The lowest BCUT2D eigenvalue weighted by atomic mass is 9.90. The fraction of sp³-hybridized carbons (Fsp3) is 0.231. The number of nitrogens with zero attached hydrogens (tertiary/aromatic N) is 2. The van der Waals surface area contributed by atoms with Crippen LogP contribution in [0.4, 0.5) is 8.78 Å². The van der Waals surface area contributed by atoms with Crippen LogP contribution in [-0.2, 0) is 12.1 Å². The maximum absolute atomic E-state index is 14.0. The van der Waals surface area contributed by atoms with Crippen molar-refractivity contribution >= 4 is 11.6 Å². The highest BCUT2D eigenvalue weighted by atomic mass is 19.1. The van der Waals surface area contributed by atoms with Crippen molar-refractivity contribution in [3.05, 3.63) is 101 Å². The maximum Gasteiger partial charge on any atom is 0.271 e. The number of amides is 1. The van der Waals surface area contributed by atoms with E-state index in [1.807, 2.05) is 13.0 Å². The van der Waals surface area contributed by atoms with Crippen molar-refractivity contribution in [2.45, 2.75) is 26.0 Å². The van der Waals surface area contributed by atoms with Crippen molar-refractivity contribution in [2.75, 3.05) is 13.2 Å². The molecule has 7 nitrogen and oxygen atoms in total. The molecule has 0 bridgehead atoms. The minimum atomic E-state index is -1.42. The average Bonchev–Trinajstić information content (AvgIpc) is 3.19. The van der Waals surface area contributed by atoms with Crippen molar-refractivity contribution in [1.82, 2.24) is 14.7 Å². The van der Waals surface area contributed by atoms with E-state index < -0.39 is 36.3 Å². The molecule has 9 heteroatoms. The number of aliphatic hydroxyl groups is 2. The molecule has 4 rings (SSSR count). The predicted octanol–water partition coefficient (Wildman–Crippen LogP) is 3.42. The molecule has 1 amide bonds. The first-order valence-corrected chi connectivity index (χ1v) is 10.9. The number of fused-ring (bicyclic) bond motifs is 1. The quantitative estimate of drug-likeness (QED) is 0.359. The highest BCUT2D eigenvalue weighted by Crippen LogP contribution is 2.26. The van der Waals surface area contributed by atoms with Crippen LogP contribution in [0.25, 0.3) is 5.65 Å². The third-order valence-electron chi connectivity index (χ3n) is 5.90. The monoisotopic (exact) mass is 481 g/mol. The molecular formula is C26H25F2N3O4. The zero-order chi connectivity index (χ0) is 25.2. The fourth-order valence-electron chi connectivity index (χ4n) is 3.97. The van der Waals surface area contributed by atoms with Crippen LogP contribution in [0.3, 0.4) is 0 Å². The Hall–Kier alpha value is -3.82. The summed E-state index contributed by atoms with van der Waals surface area (Å²) in [4.78, 5) is 17.8. The minimum Gasteiger partial charge on any atom is -0.485 e. The first-order valence-electron chi connectivity index (χ1n) is 10.9. The molecule has 3 N–H and O–H groups in total. The third kappa shape index (κ3) is 4.60. The minimum absolute atomic E-state index is 0.168. The fourth-order valence-corrected chi connectivity index (χ4v) is 3.97. The Morgan fingerprint density at radius 1 is 1.06 bits per heavy atom. The van der Waals surface area contributed by atoms with Crippen molar-refractivity contribution in [2.24, 2.45) is 0 Å². The number of halogens is 2. The predicted molar refractivity (Wildman–Crippen MR) is 125 cm³/mol. The molecular weight excluding hydrogens is 456 g/mol. The van der Waals surface area contributed by atoms with Crippen molar-refractivity contribution < 1.29 is 28.5 Å². The van der Waals surface area contributed by atoms with Crippen LogP contribution in [0.15, 0.2) is 60.8 Å². The number of imidazole rings is 1. The van der Waals surface area contributed by atoms with E-state index in [1.165, 1.54) is 10.5 Å². The van der Waals surface area contributed by atoms with Gasteiger partial charge in [0.25, 0.3) is 5.91 Å². The van der Waals surface area contributed by atoms with E-state index in [4.69, 9.17) is 4.74 Å². The van der Waals surface area contributed by atoms with Crippen molar-refractivity contribution in [3.8, 4) is 5.75 Å². The van der Waals surface area contributed by atoms with Gasteiger partial charge in [0, 0.05) is 6.20 Å². The molecule has 0 radical (unpaired) electrons. The number of hydrogen-bond donors (Lipinski definition) is 3. The summed E-state index contributed by atoms with van der Waals surface area (Å²) in [7, 11) is 0. The number of ether oxygens (including phenoxy) is 1. The second-order valence-corrected chi connectivity index (χ2v) is 8.32. The number of rotatable bonds is 8. The zero-order valence-corrected chi connectivity index (χ0v) is 19.3. The van der Waals surface area contributed by atoms with E-state index in [-0.39, 0.29) is 29.3 Å². The number of aryl methyl sites for hydroxylation is 2. The van der Waals surface area contributed by atoms with Crippen LogP contribution in [0.1, 0.15) is 32.9 Å². The van der Waals surface area contributed by atoms with Crippen LogP contribution in [-0.4, -0.2) is 38.7 Å². The molecule has 0 aliphatic heterocycles. The van der Waals surface area contributed by atoms with Gasteiger partial charge in [-0.15, -0.1) is 0 Å². The Morgan fingerprint density at radius 3 is 2.40 bits per heavy atom. The summed E-state index contributed by atoms with van der Waals surface area (Å²) in [5.41, 5.74) is 0.632. The molecule has 0 atom stereocenters. The van der Waals surface area contributed by atoms with Crippen molar-refractivity contribution in [3.63, 3.8) is 0 Å². The number of aromatic nitrogens is 2. The molecule has 0 unspecified atom stereocenters. The molecule has 35 heavy (non-hydrogen) atoms.